The van der Waals surface area contributed by atoms with E-state index in [0.29, 0.717) is 5.75 Å². The molecule has 6 nitrogen and oxygen atoms in total. The fourth-order valence-electron chi connectivity index (χ4n) is 2.45. The molecule has 0 fully saturated rings. The maximum Gasteiger partial charge on any atom is 0.358 e. The Morgan fingerprint density at radius 2 is 1.59 bits per heavy atom. The van der Waals surface area contributed by atoms with E-state index in [2.05, 4.69) is 4.98 Å². The number of carboxylic acids is 1. The van der Waals surface area contributed by atoms with Crippen LogP contribution in [0.3, 0.4) is 0 Å². The summed E-state index contributed by atoms with van der Waals surface area (Å²) in [6, 6.07) is 18.5. The van der Waals surface area contributed by atoms with Gasteiger partial charge in [0.25, 0.3) is 0 Å². The van der Waals surface area contributed by atoms with Crippen LogP contribution in [-0.4, -0.2) is 23.2 Å². The van der Waals surface area contributed by atoms with Gasteiger partial charge in [0, 0.05) is 12.3 Å². The number of pyridine rings is 1. The van der Waals surface area contributed by atoms with E-state index in [1.54, 1.807) is 13.2 Å². The highest BCUT2D eigenvalue weighted by Gasteiger charge is 2.19. The van der Waals surface area contributed by atoms with Crippen molar-refractivity contribution >= 4 is 5.97 Å². The molecule has 0 aliphatic carbocycles. The van der Waals surface area contributed by atoms with Gasteiger partial charge < -0.3 is 19.3 Å². The molecule has 3 aromatic rings. The Morgan fingerprint density at radius 1 is 0.926 bits per heavy atom. The molecule has 1 aromatic heterocycles. The molecule has 1 heterocycles. The molecular weight excluding hydrogens is 346 g/mol. The molecule has 0 bridgehead atoms. The maximum absolute atomic E-state index is 11.5. The first-order chi connectivity index (χ1) is 13.2. The first-order valence-corrected chi connectivity index (χ1v) is 8.32. The van der Waals surface area contributed by atoms with Crippen LogP contribution in [0.1, 0.15) is 21.6 Å². The van der Waals surface area contributed by atoms with Gasteiger partial charge in [0.05, 0.1) is 7.11 Å². The van der Waals surface area contributed by atoms with Crippen molar-refractivity contribution in [2.75, 3.05) is 7.11 Å². The van der Waals surface area contributed by atoms with E-state index in [4.69, 9.17) is 14.2 Å². The number of rotatable bonds is 8. The minimum Gasteiger partial charge on any atom is -0.497 e. The monoisotopic (exact) mass is 365 g/mol. The summed E-state index contributed by atoms with van der Waals surface area (Å²) in [6.45, 7) is 0.473. The van der Waals surface area contributed by atoms with Crippen molar-refractivity contribution in [1.82, 2.24) is 4.98 Å². The molecule has 3 rings (SSSR count). The Bertz CT molecular complexity index is 894. The average molecular weight is 365 g/mol. The van der Waals surface area contributed by atoms with Gasteiger partial charge in [-0.05, 0) is 23.3 Å². The Kier molecular flexibility index (Phi) is 5.89. The van der Waals surface area contributed by atoms with Crippen molar-refractivity contribution in [2.45, 2.75) is 13.2 Å². The molecule has 0 unspecified atom stereocenters. The van der Waals surface area contributed by atoms with Crippen LogP contribution < -0.4 is 14.2 Å². The highest BCUT2D eigenvalue weighted by molar-refractivity contribution is 5.89. The molecule has 1 N–H and O–H groups in total. The average Bonchev–Trinajstić information content (AvgIpc) is 2.71. The molecule has 0 aliphatic rings. The van der Waals surface area contributed by atoms with Crippen LogP contribution in [0.5, 0.6) is 17.2 Å². The summed E-state index contributed by atoms with van der Waals surface area (Å²) in [5.41, 5.74) is 1.65. The van der Waals surface area contributed by atoms with Crippen molar-refractivity contribution in [2.24, 2.45) is 0 Å². The van der Waals surface area contributed by atoms with Gasteiger partial charge in [-0.2, -0.15) is 0 Å². The highest BCUT2D eigenvalue weighted by atomic mass is 16.5. The third kappa shape index (κ3) is 4.76. The zero-order chi connectivity index (χ0) is 19.1. The molecule has 0 saturated heterocycles. The van der Waals surface area contributed by atoms with Crippen LogP contribution in [0.4, 0.5) is 0 Å². The number of hydrogen-bond acceptors (Lipinski definition) is 5. The topological polar surface area (TPSA) is 77.9 Å². The lowest BCUT2D eigenvalue weighted by molar-refractivity contribution is 0.0683. The third-order valence-corrected chi connectivity index (χ3v) is 3.85. The van der Waals surface area contributed by atoms with Crippen LogP contribution >= 0.6 is 0 Å². The van der Waals surface area contributed by atoms with Gasteiger partial charge in [-0.25, -0.2) is 9.78 Å². The predicted octanol–water partition coefficient (Wildman–Crippen LogP) is 3.95. The minimum absolute atomic E-state index is 0.113. The largest absolute Gasteiger partial charge is 0.497 e. The fraction of sp³-hybridized carbons (Fsp3) is 0.143. The number of carboxylic acid groups (broad SMARTS) is 1. The SMILES string of the molecule is COc1ccc(COc2ccnc(C(=O)O)c2OCc2ccccc2)cc1. The molecule has 0 atom stereocenters. The molecular formula is C21H19NO5. The van der Waals surface area contributed by atoms with Gasteiger partial charge in [-0.15, -0.1) is 0 Å². The molecule has 27 heavy (non-hydrogen) atoms. The summed E-state index contributed by atoms with van der Waals surface area (Å²) >= 11 is 0. The van der Waals surface area contributed by atoms with Gasteiger partial charge in [0.15, 0.2) is 17.2 Å². The van der Waals surface area contributed by atoms with Crippen LogP contribution in [0.2, 0.25) is 0 Å². The Hall–Kier alpha value is -3.54. The number of carbonyl (C=O) groups is 1. The lowest BCUT2D eigenvalue weighted by Gasteiger charge is -2.14. The number of benzene rings is 2. The summed E-state index contributed by atoms with van der Waals surface area (Å²) < 4.78 is 16.7. The van der Waals surface area contributed by atoms with E-state index < -0.39 is 5.97 Å². The van der Waals surface area contributed by atoms with E-state index in [-0.39, 0.29) is 24.7 Å². The van der Waals surface area contributed by atoms with Crippen molar-refractivity contribution < 1.29 is 24.1 Å². The van der Waals surface area contributed by atoms with Crippen molar-refractivity contribution in [3.63, 3.8) is 0 Å². The molecule has 0 amide bonds. The molecule has 0 saturated carbocycles. The number of hydrogen-bond donors (Lipinski definition) is 1. The normalized spacial score (nSPS) is 10.3. The van der Waals surface area contributed by atoms with E-state index in [1.807, 2.05) is 54.6 Å². The summed E-state index contributed by atoms with van der Waals surface area (Å²) in [5, 5.41) is 9.42. The number of methoxy groups -OCH3 is 1. The van der Waals surface area contributed by atoms with E-state index >= 15 is 0 Å². The molecule has 0 aliphatic heterocycles. The number of nitrogens with zero attached hydrogens (tertiary/aromatic N) is 1. The van der Waals surface area contributed by atoms with Crippen LogP contribution in [0, 0.1) is 0 Å². The first kappa shape index (κ1) is 18.3. The maximum atomic E-state index is 11.5. The molecule has 0 radical (unpaired) electrons. The summed E-state index contributed by atoms with van der Waals surface area (Å²) in [4.78, 5) is 15.4. The minimum atomic E-state index is -1.17. The van der Waals surface area contributed by atoms with Gasteiger partial charge in [0.2, 0.25) is 0 Å². The summed E-state index contributed by atoms with van der Waals surface area (Å²) in [6.07, 6.45) is 1.39. The number of ether oxygens (including phenoxy) is 3. The smallest absolute Gasteiger partial charge is 0.358 e. The van der Waals surface area contributed by atoms with Crippen molar-refractivity contribution in [1.29, 1.82) is 0 Å². The van der Waals surface area contributed by atoms with Gasteiger partial charge >= 0.3 is 5.97 Å². The van der Waals surface area contributed by atoms with Crippen molar-refractivity contribution in [3.8, 4) is 17.2 Å². The zero-order valence-electron chi connectivity index (χ0n) is 14.8. The van der Waals surface area contributed by atoms with Gasteiger partial charge in [-0.1, -0.05) is 42.5 Å². The second-order valence-corrected chi connectivity index (χ2v) is 5.70. The summed E-state index contributed by atoms with van der Waals surface area (Å²) in [5.74, 6) is 0.0205. The Balaban J connectivity index is 1.78. The van der Waals surface area contributed by atoms with Crippen molar-refractivity contribution in [3.05, 3.63) is 83.7 Å². The standard InChI is InChI=1S/C21H19NO5/c1-25-17-9-7-16(8-10-17)13-26-18-11-12-22-19(21(23)24)20(18)27-14-15-5-3-2-4-6-15/h2-12H,13-14H2,1H3,(H,23,24). The lowest BCUT2D eigenvalue weighted by Crippen LogP contribution is -2.08. The Morgan fingerprint density at radius 3 is 2.26 bits per heavy atom. The van der Waals surface area contributed by atoms with Crippen LogP contribution in [0.15, 0.2) is 66.9 Å². The second kappa shape index (κ2) is 8.71. The molecule has 6 heteroatoms. The van der Waals surface area contributed by atoms with Crippen LogP contribution in [0.25, 0.3) is 0 Å². The zero-order valence-corrected chi connectivity index (χ0v) is 14.8. The third-order valence-electron chi connectivity index (χ3n) is 3.85. The molecule has 138 valence electrons. The lowest BCUT2D eigenvalue weighted by atomic mass is 10.2. The van der Waals surface area contributed by atoms with E-state index in [0.717, 1.165) is 16.9 Å². The Labute approximate surface area is 157 Å². The summed E-state index contributed by atoms with van der Waals surface area (Å²) in [7, 11) is 1.60. The molecule has 0 spiro atoms. The van der Waals surface area contributed by atoms with Gasteiger partial charge in [-0.3, -0.25) is 0 Å². The fourth-order valence-corrected chi connectivity index (χ4v) is 2.45. The van der Waals surface area contributed by atoms with Gasteiger partial charge in [0.1, 0.15) is 19.0 Å². The number of aromatic nitrogens is 1. The first-order valence-electron chi connectivity index (χ1n) is 8.32. The predicted molar refractivity (Wildman–Crippen MR) is 99.3 cm³/mol. The highest BCUT2D eigenvalue weighted by Crippen LogP contribution is 2.31. The van der Waals surface area contributed by atoms with Crippen LogP contribution in [-0.2, 0) is 13.2 Å². The van der Waals surface area contributed by atoms with E-state index in [1.165, 1.54) is 6.20 Å². The number of aromatic carboxylic acids is 1. The quantitative estimate of drug-likeness (QED) is 0.651. The van der Waals surface area contributed by atoms with E-state index in [9.17, 15) is 9.90 Å². The molecule has 2 aromatic carbocycles. The second-order valence-electron chi connectivity index (χ2n) is 5.70.